The van der Waals surface area contributed by atoms with Crippen molar-refractivity contribution >= 4 is 44.2 Å². The molecule has 1 aliphatic heterocycles. The minimum Gasteiger partial charge on any atom is -0.382 e. The summed E-state index contributed by atoms with van der Waals surface area (Å²) in [5.41, 5.74) is 1.24. The molecule has 1 aromatic carbocycles. The zero-order valence-corrected chi connectivity index (χ0v) is 14.0. The first-order valence-corrected chi connectivity index (χ1v) is 7.85. The Morgan fingerprint density at radius 2 is 2.24 bits per heavy atom. The average Bonchev–Trinajstić information content (AvgIpc) is 2.29. The highest BCUT2D eigenvalue weighted by molar-refractivity contribution is 14.1. The van der Waals surface area contributed by atoms with Crippen LogP contribution in [0.25, 0.3) is 0 Å². The van der Waals surface area contributed by atoms with E-state index in [0.29, 0.717) is 12.1 Å². The smallest absolute Gasteiger partial charge is 0.0353 e. The van der Waals surface area contributed by atoms with Gasteiger partial charge >= 0.3 is 0 Å². The van der Waals surface area contributed by atoms with Gasteiger partial charge in [0.05, 0.1) is 0 Å². The summed E-state index contributed by atoms with van der Waals surface area (Å²) in [6.45, 7) is 3.49. The lowest BCUT2D eigenvalue weighted by atomic mass is 9.99. The van der Waals surface area contributed by atoms with Gasteiger partial charge in [0.25, 0.3) is 0 Å². The van der Waals surface area contributed by atoms with Gasteiger partial charge in [-0.2, -0.15) is 0 Å². The Labute approximate surface area is 125 Å². The van der Waals surface area contributed by atoms with Gasteiger partial charge in [-0.25, -0.2) is 0 Å². The number of nitrogens with one attached hydrogen (secondary N) is 1. The molecule has 4 heteroatoms. The lowest BCUT2D eigenvalue weighted by molar-refractivity contribution is 0.190. The molecule has 94 valence electrons. The number of anilines is 1. The number of nitrogens with zero attached hydrogens (tertiary/aromatic N) is 1. The molecule has 2 nitrogen and oxygen atoms in total. The Hall–Kier alpha value is 0.190. The number of halogens is 2. The van der Waals surface area contributed by atoms with E-state index in [0.717, 1.165) is 0 Å². The van der Waals surface area contributed by atoms with Crippen molar-refractivity contribution in [3.8, 4) is 0 Å². The molecule has 0 saturated carbocycles. The maximum Gasteiger partial charge on any atom is 0.0353 e. The minimum absolute atomic E-state index is 0.609. The van der Waals surface area contributed by atoms with Gasteiger partial charge < -0.3 is 10.2 Å². The summed E-state index contributed by atoms with van der Waals surface area (Å²) in [6, 6.07) is 7.75. The van der Waals surface area contributed by atoms with Crippen LogP contribution in [0.2, 0.25) is 0 Å². The van der Waals surface area contributed by atoms with Crippen molar-refractivity contribution in [2.75, 3.05) is 18.9 Å². The topological polar surface area (TPSA) is 15.3 Å². The first-order valence-electron chi connectivity index (χ1n) is 5.98. The Morgan fingerprint density at radius 3 is 2.88 bits per heavy atom. The highest BCUT2D eigenvalue weighted by atomic mass is 127. The van der Waals surface area contributed by atoms with Gasteiger partial charge in [-0.3, -0.25) is 0 Å². The Kier molecular flexibility index (Phi) is 4.72. The third-order valence-corrected chi connectivity index (χ3v) is 5.82. The first-order chi connectivity index (χ1) is 8.06. The molecule has 1 fully saturated rings. The number of hydrogen-bond donors (Lipinski definition) is 1. The van der Waals surface area contributed by atoms with Crippen molar-refractivity contribution in [1.82, 2.24) is 4.90 Å². The molecule has 0 spiro atoms. The SMILES string of the molecule is CC1CC(Nc2ccc(Br)c(I)c2)CCN1C. The maximum atomic E-state index is 3.65. The molecule has 1 saturated heterocycles. The van der Waals surface area contributed by atoms with Crippen molar-refractivity contribution < 1.29 is 0 Å². The summed E-state index contributed by atoms with van der Waals surface area (Å²) >= 11 is 5.89. The normalized spacial score (nSPS) is 25.9. The van der Waals surface area contributed by atoms with E-state index in [9.17, 15) is 0 Å². The fourth-order valence-electron chi connectivity index (χ4n) is 2.24. The lowest BCUT2D eigenvalue weighted by Gasteiger charge is -2.35. The van der Waals surface area contributed by atoms with E-state index in [1.165, 1.54) is 33.1 Å². The molecule has 0 radical (unpaired) electrons. The Balaban J connectivity index is 1.99. The summed E-state index contributed by atoms with van der Waals surface area (Å²) in [7, 11) is 2.21. The quantitative estimate of drug-likeness (QED) is 0.745. The second-order valence-electron chi connectivity index (χ2n) is 4.82. The van der Waals surface area contributed by atoms with Gasteiger partial charge in [-0.15, -0.1) is 0 Å². The predicted molar refractivity (Wildman–Crippen MR) is 85.6 cm³/mol. The van der Waals surface area contributed by atoms with E-state index in [1.54, 1.807) is 0 Å². The van der Waals surface area contributed by atoms with Gasteiger partial charge in [-0.1, -0.05) is 0 Å². The summed E-state index contributed by atoms with van der Waals surface area (Å²) < 4.78 is 2.42. The van der Waals surface area contributed by atoms with Crippen LogP contribution < -0.4 is 5.32 Å². The number of benzene rings is 1. The second kappa shape index (κ2) is 5.89. The van der Waals surface area contributed by atoms with Crippen LogP contribution in [-0.4, -0.2) is 30.6 Å². The largest absolute Gasteiger partial charge is 0.382 e. The van der Waals surface area contributed by atoms with Crippen molar-refractivity contribution in [1.29, 1.82) is 0 Å². The molecule has 1 heterocycles. The van der Waals surface area contributed by atoms with E-state index in [-0.39, 0.29) is 0 Å². The summed E-state index contributed by atoms with van der Waals surface area (Å²) in [6.07, 6.45) is 2.45. The van der Waals surface area contributed by atoms with Gasteiger partial charge in [0.2, 0.25) is 0 Å². The molecule has 1 aromatic rings. The van der Waals surface area contributed by atoms with Crippen molar-refractivity contribution in [2.45, 2.75) is 31.8 Å². The van der Waals surface area contributed by atoms with Gasteiger partial charge in [-0.05, 0) is 83.5 Å². The van der Waals surface area contributed by atoms with Crippen LogP contribution in [0, 0.1) is 3.57 Å². The van der Waals surface area contributed by atoms with Crippen LogP contribution in [0.3, 0.4) is 0 Å². The molecule has 0 amide bonds. The molecule has 2 atom stereocenters. The zero-order valence-electron chi connectivity index (χ0n) is 10.2. The monoisotopic (exact) mass is 408 g/mol. The highest BCUT2D eigenvalue weighted by Crippen LogP contribution is 2.25. The fourth-order valence-corrected chi connectivity index (χ4v) is 3.00. The summed E-state index contributed by atoms with van der Waals surface area (Å²) in [5, 5.41) is 3.65. The Morgan fingerprint density at radius 1 is 1.47 bits per heavy atom. The van der Waals surface area contributed by atoms with E-state index < -0.39 is 0 Å². The van der Waals surface area contributed by atoms with Crippen molar-refractivity contribution in [3.05, 3.63) is 26.2 Å². The molecular weight excluding hydrogens is 391 g/mol. The Bertz CT molecular complexity index is 397. The molecule has 1 aliphatic rings. The molecule has 2 unspecified atom stereocenters. The molecule has 0 aromatic heterocycles. The number of rotatable bonds is 2. The first kappa shape index (κ1) is 13.6. The average molecular weight is 409 g/mol. The second-order valence-corrected chi connectivity index (χ2v) is 6.84. The number of hydrogen-bond acceptors (Lipinski definition) is 2. The van der Waals surface area contributed by atoms with Crippen LogP contribution in [0.1, 0.15) is 19.8 Å². The van der Waals surface area contributed by atoms with Gasteiger partial charge in [0, 0.05) is 32.4 Å². The van der Waals surface area contributed by atoms with Crippen molar-refractivity contribution in [2.24, 2.45) is 0 Å². The standard InChI is InChI=1S/C13H18BrIN2/c1-9-7-11(5-6-17(9)2)16-10-3-4-12(14)13(15)8-10/h3-4,8-9,11,16H,5-7H2,1-2H3. The summed E-state index contributed by atoms with van der Waals surface area (Å²) in [5.74, 6) is 0. The van der Waals surface area contributed by atoms with Gasteiger partial charge in [0.1, 0.15) is 0 Å². The van der Waals surface area contributed by atoms with E-state index in [4.69, 9.17) is 0 Å². The molecule has 17 heavy (non-hydrogen) atoms. The molecule has 1 N–H and O–H groups in total. The summed E-state index contributed by atoms with van der Waals surface area (Å²) in [4.78, 5) is 2.43. The highest BCUT2D eigenvalue weighted by Gasteiger charge is 2.22. The van der Waals surface area contributed by atoms with Crippen LogP contribution in [0.4, 0.5) is 5.69 Å². The third-order valence-electron chi connectivity index (χ3n) is 3.50. The molecule has 0 bridgehead atoms. The molecule has 0 aliphatic carbocycles. The van der Waals surface area contributed by atoms with Crippen LogP contribution in [0.5, 0.6) is 0 Å². The number of likely N-dealkylation sites (tertiary alicyclic amines) is 1. The van der Waals surface area contributed by atoms with Crippen LogP contribution in [0.15, 0.2) is 22.7 Å². The number of piperidine rings is 1. The van der Waals surface area contributed by atoms with E-state index in [1.807, 2.05) is 0 Å². The minimum atomic E-state index is 0.609. The van der Waals surface area contributed by atoms with Crippen LogP contribution in [-0.2, 0) is 0 Å². The maximum absolute atomic E-state index is 3.65. The molecular formula is C13H18BrIN2. The molecule has 2 rings (SSSR count). The van der Waals surface area contributed by atoms with Crippen molar-refractivity contribution in [3.63, 3.8) is 0 Å². The van der Waals surface area contributed by atoms with E-state index in [2.05, 4.69) is 80.9 Å². The predicted octanol–water partition coefficient (Wildman–Crippen LogP) is 3.95. The fraction of sp³-hybridized carbons (Fsp3) is 0.538. The third kappa shape index (κ3) is 3.58. The van der Waals surface area contributed by atoms with Gasteiger partial charge in [0.15, 0.2) is 0 Å². The lowest BCUT2D eigenvalue weighted by Crippen LogP contribution is -2.42. The zero-order chi connectivity index (χ0) is 12.4. The van der Waals surface area contributed by atoms with E-state index >= 15 is 0 Å². The van der Waals surface area contributed by atoms with Crippen LogP contribution >= 0.6 is 38.5 Å².